The molecule has 0 saturated carbocycles. The molecule has 0 aliphatic rings. The van der Waals surface area contributed by atoms with E-state index in [4.69, 9.17) is 9.47 Å². The molecule has 1 heterocycles. The number of nitrogens with zero attached hydrogens (tertiary/aromatic N) is 2. The Bertz CT molecular complexity index is 349. The molecule has 1 rings (SSSR count). The Morgan fingerprint density at radius 2 is 1.95 bits per heavy atom. The maximum atomic E-state index is 5.73. The van der Waals surface area contributed by atoms with Gasteiger partial charge in [0.15, 0.2) is 6.29 Å². The second-order valence-corrected chi connectivity index (χ2v) is 4.83. The number of aromatic nitrogens is 2. The normalized spacial score (nSPS) is 13.1. The van der Waals surface area contributed by atoms with Gasteiger partial charge in [0.2, 0.25) is 0 Å². The monoisotopic (exact) mass is 283 g/mol. The molecule has 5 nitrogen and oxygen atoms in total. The van der Waals surface area contributed by atoms with Crippen molar-refractivity contribution in [1.82, 2.24) is 14.9 Å². The van der Waals surface area contributed by atoms with E-state index in [9.17, 15) is 0 Å². The molecule has 0 aliphatic carbocycles. The molecule has 0 bridgehead atoms. The lowest BCUT2D eigenvalue weighted by molar-refractivity contribution is -0.154. The van der Waals surface area contributed by atoms with E-state index in [1.54, 1.807) is 0 Å². The summed E-state index contributed by atoms with van der Waals surface area (Å²) in [5.41, 5.74) is 0. The zero-order valence-corrected chi connectivity index (χ0v) is 13.3. The van der Waals surface area contributed by atoms with Crippen LogP contribution in [0.15, 0.2) is 12.4 Å². The van der Waals surface area contributed by atoms with Crippen LogP contribution in [0.1, 0.15) is 39.4 Å². The van der Waals surface area contributed by atoms with E-state index in [0.717, 1.165) is 31.6 Å². The molecule has 1 aromatic rings. The van der Waals surface area contributed by atoms with Crippen LogP contribution in [0.25, 0.3) is 0 Å². The average Bonchev–Trinajstić information content (AvgIpc) is 2.84. The fraction of sp³-hybridized carbons (Fsp3) is 0.800. The van der Waals surface area contributed by atoms with Gasteiger partial charge in [-0.05, 0) is 33.2 Å². The van der Waals surface area contributed by atoms with Gasteiger partial charge in [0.05, 0.1) is 6.04 Å². The molecule has 20 heavy (non-hydrogen) atoms. The van der Waals surface area contributed by atoms with E-state index < -0.39 is 0 Å². The largest absolute Gasteiger partial charge is 0.351 e. The number of aryl methyl sites for hydroxylation is 2. The van der Waals surface area contributed by atoms with Crippen molar-refractivity contribution in [2.24, 2.45) is 7.05 Å². The summed E-state index contributed by atoms with van der Waals surface area (Å²) in [5.74, 6) is 1.10. The maximum absolute atomic E-state index is 5.73. The van der Waals surface area contributed by atoms with Crippen molar-refractivity contribution in [1.29, 1.82) is 0 Å². The standard InChI is InChI=1S/C15H29N3O2/c1-5-10-16-13(15(19-6-2)20-7-3)8-9-14-17-11-12-18(14)4/h11-13,15-16H,5-10H2,1-4H3. The molecule has 5 heteroatoms. The number of imidazole rings is 1. The fourth-order valence-corrected chi connectivity index (χ4v) is 2.20. The van der Waals surface area contributed by atoms with Gasteiger partial charge in [-0.1, -0.05) is 6.92 Å². The van der Waals surface area contributed by atoms with E-state index in [-0.39, 0.29) is 12.3 Å². The summed E-state index contributed by atoms with van der Waals surface area (Å²) in [5, 5.41) is 3.53. The van der Waals surface area contributed by atoms with E-state index in [2.05, 4.69) is 21.8 Å². The van der Waals surface area contributed by atoms with Crippen LogP contribution in [0.3, 0.4) is 0 Å². The molecule has 1 unspecified atom stereocenters. The third-order valence-electron chi connectivity index (χ3n) is 3.25. The molecule has 1 N–H and O–H groups in total. The molecule has 0 aliphatic heterocycles. The molecule has 0 aromatic carbocycles. The number of hydrogen-bond donors (Lipinski definition) is 1. The Kier molecular flexibility index (Phi) is 8.49. The molecule has 0 amide bonds. The molecule has 0 fully saturated rings. The van der Waals surface area contributed by atoms with Crippen LogP contribution in [-0.4, -0.2) is 41.6 Å². The summed E-state index contributed by atoms with van der Waals surface area (Å²) in [4.78, 5) is 4.37. The lowest BCUT2D eigenvalue weighted by atomic mass is 10.1. The van der Waals surface area contributed by atoms with Crippen molar-refractivity contribution in [3.05, 3.63) is 18.2 Å². The van der Waals surface area contributed by atoms with Gasteiger partial charge in [-0.15, -0.1) is 0 Å². The van der Waals surface area contributed by atoms with Crippen LogP contribution in [-0.2, 0) is 22.9 Å². The highest BCUT2D eigenvalue weighted by Crippen LogP contribution is 2.10. The first kappa shape index (κ1) is 17.1. The number of ether oxygens (including phenoxy) is 2. The quantitative estimate of drug-likeness (QED) is 0.632. The summed E-state index contributed by atoms with van der Waals surface area (Å²) in [6.07, 6.45) is 6.61. The zero-order chi connectivity index (χ0) is 14.8. The van der Waals surface area contributed by atoms with Crippen LogP contribution in [0.4, 0.5) is 0 Å². The molecule has 1 aromatic heterocycles. The molecule has 1 atom stereocenters. The SMILES string of the molecule is CCCNC(CCc1nccn1C)C(OCC)OCC. The third-order valence-corrected chi connectivity index (χ3v) is 3.25. The summed E-state index contributed by atoms with van der Waals surface area (Å²) in [7, 11) is 2.03. The van der Waals surface area contributed by atoms with Crippen LogP contribution >= 0.6 is 0 Å². The second kappa shape index (κ2) is 9.91. The summed E-state index contributed by atoms with van der Waals surface area (Å²) in [6.45, 7) is 8.47. The van der Waals surface area contributed by atoms with Gasteiger partial charge >= 0.3 is 0 Å². The van der Waals surface area contributed by atoms with E-state index in [1.165, 1.54) is 0 Å². The Labute approximate surface area is 122 Å². The molecule has 0 radical (unpaired) electrons. The van der Waals surface area contributed by atoms with Crippen molar-refractivity contribution >= 4 is 0 Å². The lowest BCUT2D eigenvalue weighted by Gasteiger charge is -2.27. The van der Waals surface area contributed by atoms with Gasteiger partial charge < -0.3 is 19.4 Å². The molecular formula is C15H29N3O2. The summed E-state index contributed by atoms with van der Waals surface area (Å²) < 4.78 is 13.5. The average molecular weight is 283 g/mol. The summed E-state index contributed by atoms with van der Waals surface area (Å²) in [6, 6.07) is 0.201. The Hall–Kier alpha value is -0.910. The first-order valence-electron chi connectivity index (χ1n) is 7.65. The van der Waals surface area contributed by atoms with Crippen LogP contribution < -0.4 is 5.32 Å². The van der Waals surface area contributed by atoms with Gasteiger partial charge in [0.1, 0.15) is 5.82 Å². The van der Waals surface area contributed by atoms with Crippen LogP contribution in [0.2, 0.25) is 0 Å². The third kappa shape index (κ3) is 5.61. The van der Waals surface area contributed by atoms with E-state index in [0.29, 0.717) is 13.2 Å². The minimum absolute atomic E-state index is 0.184. The minimum Gasteiger partial charge on any atom is -0.351 e. The minimum atomic E-state index is -0.184. The number of hydrogen-bond acceptors (Lipinski definition) is 4. The van der Waals surface area contributed by atoms with Crippen molar-refractivity contribution in [3.8, 4) is 0 Å². The first-order chi connectivity index (χ1) is 9.72. The highest BCUT2D eigenvalue weighted by molar-refractivity contribution is 4.92. The Morgan fingerprint density at radius 3 is 2.45 bits per heavy atom. The van der Waals surface area contributed by atoms with Gasteiger partial charge in [0, 0.05) is 39.1 Å². The molecule has 0 spiro atoms. The smallest absolute Gasteiger partial charge is 0.172 e. The fourth-order valence-electron chi connectivity index (χ4n) is 2.20. The van der Waals surface area contributed by atoms with E-state index >= 15 is 0 Å². The first-order valence-corrected chi connectivity index (χ1v) is 7.65. The number of rotatable bonds is 11. The predicted octanol–water partition coefficient (Wildman–Crippen LogP) is 2.12. The lowest BCUT2D eigenvalue weighted by Crippen LogP contribution is -2.44. The van der Waals surface area contributed by atoms with Crippen LogP contribution in [0, 0.1) is 0 Å². The second-order valence-electron chi connectivity index (χ2n) is 4.83. The number of nitrogens with one attached hydrogen (secondary N) is 1. The van der Waals surface area contributed by atoms with Crippen molar-refractivity contribution in [2.75, 3.05) is 19.8 Å². The predicted molar refractivity (Wildman–Crippen MR) is 80.7 cm³/mol. The highest BCUT2D eigenvalue weighted by Gasteiger charge is 2.22. The van der Waals surface area contributed by atoms with Gasteiger partial charge in [-0.2, -0.15) is 0 Å². The Balaban J connectivity index is 2.59. The van der Waals surface area contributed by atoms with E-state index in [1.807, 2.05) is 33.3 Å². The van der Waals surface area contributed by atoms with Crippen LogP contribution in [0.5, 0.6) is 0 Å². The van der Waals surface area contributed by atoms with Crippen molar-refractivity contribution in [2.45, 2.75) is 52.4 Å². The van der Waals surface area contributed by atoms with Gasteiger partial charge in [0.25, 0.3) is 0 Å². The van der Waals surface area contributed by atoms with Crippen molar-refractivity contribution < 1.29 is 9.47 Å². The summed E-state index contributed by atoms with van der Waals surface area (Å²) >= 11 is 0. The van der Waals surface area contributed by atoms with Gasteiger partial charge in [-0.3, -0.25) is 0 Å². The topological polar surface area (TPSA) is 48.3 Å². The molecular weight excluding hydrogens is 254 g/mol. The molecule has 116 valence electrons. The highest BCUT2D eigenvalue weighted by atomic mass is 16.7. The zero-order valence-electron chi connectivity index (χ0n) is 13.3. The molecule has 0 saturated heterocycles. The van der Waals surface area contributed by atoms with Crippen molar-refractivity contribution in [3.63, 3.8) is 0 Å². The van der Waals surface area contributed by atoms with Gasteiger partial charge in [-0.25, -0.2) is 4.98 Å². The maximum Gasteiger partial charge on any atom is 0.172 e. The Morgan fingerprint density at radius 1 is 1.25 bits per heavy atom.